The number of pyridine rings is 1. The van der Waals surface area contributed by atoms with Gasteiger partial charge in [0.15, 0.2) is 0 Å². The number of likely N-dealkylation sites (tertiary alicyclic amines) is 1. The fourth-order valence-electron chi connectivity index (χ4n) is 3.50. The smallest absolute Gasteiger partial charge is 0.234 e. The zero-order chi connectivity index (χ0) is 16.2. The lowest BCUT2D eigenvalue weighted by Gasteiger charge is -2.29. The Hall–Kier alpha value is -1.50. The highest BCUT2D eigenvalue weighted by Gasteiger charge is 2.20. The number of carbonyl (C=O) groups excluding carboxylic acids is 1. The van der Waals surface area contributed by atoms with Crippen molar-refractivity contribution in [2.24, 2.45) is 0 Å². The van der Waals surface area contributed by atoms with Gasteiger partial charge < -0.3 is 15.7 Å². The van der Waals surface area contributed by atoms with Crippen LogP contribution in [0, 0.1) is 6.92 Å². The molecule has 1 aromatic rings. The van der Waals surface area contributed by atoms with Crippen molar-refractivity contribution in [2.75, 3.05) is 26.2 Å². The first kappa shape index (κ1) is 16.4. The Kier molecular flexibility index (Phi) is 5.25. The van der Waals surface area contributed by atoms with Crippen LogP contribution in [-0.4, -0.2) is 53.2 Å². The number of amides is 1. The average molecular weight is 318 g/mol. The zero-order valence-electron chi connectivity index (χ0n) is 13.8. The van der Waals surface area contributed by atoms with Crippen LogP contribution in [0.3, 0.4) is 0 Å². The average Bonchev–Trinajstić information content (AvgIpc) is 2.54. The Labute approximate surface area is 137 Å². The summed E-state index contributed by atoms with van der Waals surface area (Å²) in [5.41, 5.74) is 4.74. The van der Waals surface area contributed by atoms with Crippen molar-refractivity contribution in [3.8, 4) is 0 Å². The first-order valence-electron chi connectivity index (χ1n) is 8.47. The number of rotatable bonds is 4. The van der Waals surface area contributed by atoms with Gasteiger partial charge in [-0.3, -0.25) is 14.7 Å². The summed E-state index contributed by atoms with van der Waals surface area (Å²) in [5.74, 6) is 0.0186. The number of aromatic nitrogens is 1. The number of β-amino-alcohol motifs (C(OH)–C–C–N with tert-alkyl or cyclic N) is 1. The number of piperidine rings is 1. The number of fused-ring (bicyclic) bond motifs is 1. The normalized spacial score (nSPS) is 21.7. The molecule has 0 bridgehead atoms. The Morgan fingerprint density at radius 3 is 3.26 bits per heavy atom. The molecule has 0 saturated carbocycles. The topological polar surface area (TPSA) is 77.5 Å². The summed E-state index contributed by atoms with van der Waals surface area (Å²) in [6.07, 6.45) is 4.43. The summed E-state index contributed by atoms with van der Waals surface area (Å²) < 4.78 is 0. The number of hydrogen-bond acceptors (Lipinski definition) is 5. The molecule has 2 aliphatic heterocycles. The third kappa shape index (κ3) is 4.07. The molecule has 3 rings (SSSR count). The van der Waals surface area contributed by atoms with Crippen LogP contribution in [0.5, 0.6) is 0 Å². The lowest BCUT2D eigenvalue weighted by molar-refractivity contribution is -0.123. The summed E-state index contributed by atoms with van der Waals surface area (Å²) in [6.45, 7) is 6.22. The molecular formula is C17H26N4O2. The predicted molar refractivity (Wildman–Crippen MR) is 87.9 cm³/mol. The second-order valence-corrected chi connectivity index (χ2v) is 6.56. The summed E-state index contributed by atoms with van der Waals surface area (Å²) in [5, 5.41) is 16.1. The second kappa shape index (κ2) is 7.38. The van der Waals surface area contributed by atoms with E-state index in [9.17, 15) is 9.90 Å². The van der Waals surface area contributed by atoms with Crippen LogP contribution < -0.4 is 10.6 Å². The monoisotopic (exact) mass is 318 g/mol. The van der Waals surface area contributed by atoms with Gasteiger partial charge in [-0.15, -0.1) is 0 Å². The predicted octanol–water partition coefficient (Wildman–Crippen LogP) is 0.109. The van der Waals surface area contributed by atoms with Crippen LogP contribution in [0.4, 0.5) is 0 Å². The Balaban J connectivity index is 1.58. The number of aliphatic hydroxyl groups excluding tert-OH is 1. The van der Waals surface area contributed by atoms with E-state index in [1.165, 1.54) is 11.1 Å². The van der Waals surface area contributed by atoms with Crippen LogP contribution in [0.25, 0.3) is 0 Å². The van der Waals surface area contributed by atoms with Gasteiger partial charge in [0, 0.05) is 31.5 Å². The first-order valence-corrected chi connectivity index (χ1v) is 8.47. The van der Waals surface area contributed by atoms with Crippen molar-refractivity contribution >= 4 is 5.91 Å². The number of nitrogens with zero attached hydrogens (tertiary/aromatic N) is 2. The molecule has 0 radical (unpaired) electrons. The molecule has 1 unspecified atom stereocenters. The van der Waals surface area contributed by atoms with E-state index in [1.54, 1.807) is 0 Å². The Morgan fingerprint density at radius 1 is 1.57 bits per heavy atom. The molecule has 2 aliphatic rings. The quantitative estimate of drug-likeness (QED) is 0.734. The van der Waals surface area contributed by atoms with Crippen molar-refractivity contribution in [3.63, 3.8) is 0 Å². The summed E-state index contributed by atoms with van der Waals surface area (Å²) in [7, 11) is 0. The van der Waals surface area contributed by atoms with Gasteiger partial charge in [0.25, 0.3) is 0 Å². The highest BCUT2D eigenvalue weighted by Crippen LogP contribution is 2.20. The lowest BCUT2D eigenvalue weighted by Crippen LogP contribution is -2.44. The van der Waals surface area contributed by atoms with Gasteiger partial charge in [0.05, 0.1) is 12.6 Å². The van der Waals surface area contributed by atoms with E-state index in [1.807, 2.05) is 18.0 Å². The number of aliphatic hydroxyl groups is 1. The van der Waals surface area contributed by atoms with Gasteiger partial charge in [0.2, 0.25) is 5.91 Å². The molecule has 6 heteroatoms. The second-order valence-electron chi connectivity index (χ2n) is 6.56. The number of aryl methyl sites for hydroxylation is 1. The fraction of sp³-hybridized carbons (Fsp3) is 0.647. The van der Waals surface area contributed by atoms with E-state index in [0.717, 1.165) is 50.2 Å². The fourth-order valence-corrected chi connectivity index (χ4v) is 3.50. The van der Waals surface area contributed by atoms with Gasteiger partial charge in [-0.1, -0.05) is 0 Å². The van der Waals surface area contributed by atoms with Crippen molar-refractivity contribution < 1.29 is 9.90 Å². The molecule has 1 fully saturated rings. The van der Waals surface area contributed by atoms with Gasteiger partial charge in [-0.2, -0.15) is 0 Å². The first-order chi connectivity index (χ1) is 11.1. The van der Waals surface area contributed by atoms with E-state index >= 15 is 0 Å². The summed E-state index contributed by atoms with van der Waals surface area (Å²) in [6, 6.07) is 0. The van der Waals surface area contributed by atoms with Crippen LogP contribution in [0.1, 0.15) is 35.2 Å². The molecule has 6 nitrogen and oxygen atoms in total. The minimum absolute atomic E-state index is 0.0186. The van der Waals surface area contributed by atoms with E-state index in [-0.39, 0.29) is 12.0 Å². The van der Waals surface area contributed by atoms with Gasteiger partial charge in [0.1, 0.15) is 0 Å². The maximum atomic E-state index is 12.2. The van der Waals surface area contributed by atoms with Crippen LogP contribution >= 0.6 is 0 Å². The van der Waals surface area contributed by atoms with Crippen LogP contribution in [0.2, 0.25) is 0 Å². The maximum absolute atomic E-state index is 12.2. The molecule has 1 saturated heterocycles. The van der Waals surface area contributed by atoms with Crippen molar-refractivity contribution in [1.82, 2.24) is 20.5 Å². The molecule has 3 heterocycles. The number of nitrogens with one attached hydrogen (secondary N) is 2. The lowest BCUT2D eigenvalue weighted by atomic mass is 9.96. The van der Waals surface area contributed by atoms with E-state index in [2.05, 4.69) is 15.6 Å². The minimum atomic E-state index is -0.295. The van der Waals surface area contributed by atoms with Gasteiger partial charge >= 0.3 is 0 Å². The third-order valence-electron chi connectivity index (χ3n) is 4.78. The van der Waals surface area contributed by atoms with E-state index in [0.29, 0.717) is 19.6 Å². The molecule has 1 aromatic heterocycles. The molecule has 0 aliphatic carbocycles. The van der Waals surface area contributed by atoms with Gasteiger partial charge in [-0.25, -0.2) is 0 Å². The molecular weight excluding hydrogens is 292 g/mol. The molecule has 1 amide bonds. The molecule has 126 valence electrons. The Morgan fingerprint density at radius 2 is 2.43 bits per heavy atom. The van der Waals surface area contributed by atoms with Gasteiger partial charge in [-0.05, 0) is 56.0 Å². The summed E-state index contributed by atoms with van der Waals surface area (Å²) >= 11 is 0. The highest BCUT2D eigenvalue weighted by atomic mass is 16.3. The van der Waals surface area contributed by atoms with E-state index < -0.39 is 0 Å². The minimum Gasteiger partial charge on any atom is -0.392 e. The molecule has 1 atom stereocenters. The number of carbonyl (C=O) groups is 1. The van der Waals surface area contributed by atoms with Crippen LogP contribution in [0.15, 0.2) is 6.20 Å². The zero-order valence-corrected chi connectivity index (χ0v) is 13.8. The highest BCUT2D eigenvalue weighted by molar-refractivity contribution is 5.78. The molecule has 3 N–H and O–H groups in total. The SMILES string of the molecule is Cc1ncc2c(c1CNC(=O)CN1CCCC(O)C1)CCNC2. The summed E-state index contributed by atoms with van der Waals surface area (Å²) in [4.78, 5) is 18.7. The van der Waals surface area contributed by atoms with Crippen LogP contribution in [-0.2, 0) is 24.3 Å². The van der Waals surface area contributed by atoms with Crippen molar-refractivity contribution in [1.29, 1.82) is 0 Å². The third-order valence-corrected chi connectivity index (χ3v) is 4.78. The molecule has 23 heavy (non-hydrogen) atoms. The largest absolute Gasteiger partial charge is 0.392 e. The van der Waals surface area contributed by atoms with Crippen molar-refractivity contribution in [2.45, 2.75) is 45.4 Å². The molecule has 0 aromatic carbocycles. The van der Waals surface area contributed by atoms with E-state index in [4.69, 9.17) is 0 Å². The number of hydrogen-bond donors (Lipinski definition) is 3. The van der Waals surface area contributed by atoms with Crippen molar-refractivity contribution in [3.05, 3.63) is 28.6 Å². The Bertz CT molecular complexity index is 576. The maximum Gasteiger partial charge on any atom is 0.234 e. The standard InChI is InChI=1S/C17H26N4O2/c1-12-16(15-4-5-18-7-13(15)8-19-12)9-20-17(23)11-21-6-2-3-14(22)10-21/h8,14,18,22H,2-7,9-11H2,1H3,(H,20,23). The molecule has 0 spiro atoms.